The number of allylic oxidation sites excluding steroid dienone is 2. The maximum atomic E-state index is 12.9. The minimum absolute atomic E-state index is 0.183. The van der Waals surface area contributed by atoms with E-state index < -0.39 is 11.9 Å². The van der Waals surface area contributed by atoms with Gasteiger partial charge in [-0.05, 0) is 53.8 Å². The first-order valence-corrected chi connectivity index (χ1v) is 10.7. The van der Waals surface area contributed by atoms with Gasteiger partial charge in [0.2, 0.25) is 0 Å². The summed E-state index contributed by atoms with van der Waals surface area (Å²) in [5.41, 5.74) is 4.04. The van der Waals surface area contributed by atoms with Crippen LogP contribution in [0.5, 0.6) is 5.75 Å². The highest BCUT2D eigenvalue weighted by molar-refractivity contribution is 5.96. The Morgan fingerprint density at radius 1 is 0.938 bits per heavy atom. The van der Waals surface area contributed by atoms with Gasteiger partial charge in [-0.15, -0.1) is 0 Å². The van der Waals surface area contributed by atoms with Gasteiger partial charge in [-0.2, -0.15) is 0 Å². The maximum absolute atomic E-state index is 12.9. The van der Waals surface area contributed by atoms with Crippen molar-refractivity contribution < 1.29 is 19.1 Å². The predicted octanol–water partition coefficient (Wildman–Crippen LogP) is 5.52. The number of methoxy groups -OCH3 is 1. The zero-order valence-corrected chi connectivity index (χ0v) is 17.7. The van der Waals surface area contributed by atoms with Gasteiger partial charge >= 0.3 is 11.9 Å². The van der Waals surface area contributed by atoms with Crippen LogP contribution in [0.4, 0.5) is 5.69 Å². The average Bonchev–Trinajstić information content (AvgIpc) is 3.34. The average molecular weight is 425 g/mol. The first-order valence-electron chi connectivity index (χ1n) is 10.7. The van der Waals surface area contributed by atoms with E-state index in [1.165, 1.54) is 12.7 Å². The normalized spacial score (nSPS) is 20.6. The number of carbonyl (C=O) groups is 2. The highest BCUT2D eigenvalue weighted by Crippen LogP contribution is 2.49. The van der Waals surface area contributed by atoms with E-state index in [1.807, 2.05) is 18.2 Å². The molecule has 3 atom stereocenters. The van der Waals surface area contributed by atoms with Gasteiger partial charge in [-0.3, -0.25) is 0 Å². The molecule has 0 amide bonds. The SMILES string of the molecule is COC(=O)c1ccccc1OC(=O)c1ccc2c(c1)[C@@H]1C=CC[C@H]1[C@@H](c1ccccc1)N2. The first-order chi connectivity index (χ1) is 15.7. The van der Waals surface area contributed by atoms with E-state index in [0.29, 0.717) is 11.5 Å². The zero-order chi connectivity index (χ0) is 22.1. The second-order valence-electron chi connectivity index (χ2n) is 8.07. The van der Waals surface area contributed by atoms with E-state index >= 15 is 0 Å². The molecule has 0 saturated carbocycles. The summed E-state index contributed by atoms with van der Waals surface area (Å²) in [5.74, 6) is -0.257. The van der Waals surface area contributed by atoms with Crippen LogP contribution >= 0.6 is 0 Å². The van der Waals surface area contributed by atoms with Crippen LogP contribution in [0.1, 0.15) is 50.2 Å². The van der Waals surface area contributed by atoms with Gasteiger partial charge in [0, 0.05) is 11.6 Å². The second-order valence-corrected chi connectivity index (χ2v) is 8.07. The number of para-hydroxylation sites is 1. The molecule has 0 radical (unpaired) electrons. The topological polar surface area (TPSA) is 64.6 Å². The third-order valence-corrected chi connectivity index (χ3v) is 6.25. The minimum atomic E-state index is -0.547. The summed E-state index contributed by atoms with van der Waals surface area (Å²) in [5, 5.41) is 3.68. The largest absolute Gasteiger partial charge is 0.465 e. The Labute approximate surface area is 186 Å². The Morgan fingerprint density at radius 2 is 1.72 bits per heavy atom. The van der Waals surface area contributed by atoms with Gasteiger partial charge in [0.25, 0.3) is 0 Å². The number of nitrogens with one attached hydrogen (secondary N) is 1. The molecular weight excluding hydrogens is 402 g/mol. The lowest BCUT2D eigenvalue weighted by Gasteiger charge is -2.37. The van der Waals surface area contributed by atoms with Gasteiger partial charge in [-0.1, -0.05) is 54.6 Å². The number of benzene rings is 3. The van der Waals surface area contributed by atoms with Crippen molar-refractivity contribution in [1.29, 1.82) is 0 Å². The number of carbonyl (C=O) groups excluding carboxylic acids is 2. The molecule has 0 unspecified atom stereocenters. The van der Waals surface area contributed by atoms with Gasteiger partial charge in [0.15, 0.2) is 0 Å². The number of anilines is 1. The Hall–Kier alpha value is -3.86. The fraction of sp³-hybridized carbons (Fsp3) is 0.185. The molecule has 1 heterocycles. The molecule has 3 aromatic rings. The standard InChI is InChI=1S/C27H23NO4/c1-31-27(30)21-10-5-6-13-24(21)32-26(29)18-14-15-23-22(16-18)19-11-7-12-20(19)25(28-23)17-8-3-2-4-9-17/h2-11,13-16,19-20,25,28H,12H2,1H3/t19-,20-,25-/m1/s1. The van der Waals surface area contributed by atoms with Crippen LogP contribution in [0.25, 0.3) is 0 Å². The molecule has 32 heavy (non-hydrogen) atoms. The van der Waals surface area contributed by atoms with E-state index in [1.54, 1.807) is 30.3 Å². The number of esters is 2. The summed E-state index contributed by atoms with van der Waals surface area (Å²) in [7, 11) is 1.30. The van der Waals surface area contributed by atoms with Crippen LogP contribution in [0.15, 0.2) is 84.9 Å². The molecule has 160 valence electrons. The summed E-state index contributed by atoms with van der Waals surface area (Å²) in [6, 6.07) is 22.9. The van der Waals surface area contributed by atoms with Crippen molar-refractivity contribution in [3.63, 3.8) is 0 Å². The molecule has 3 aromatic carbocycles. The van der Waals surface area contributed by atoms with Crippen molar-refractivity contribution in [2.75, 3.05) is 12.4 Å². The van der Waals surface area contributed by atoms with Gasteiger partial charge < -0.3 is 14.8 Å². The summed E-state index contributed by atoms with van der Waals surface area (Å²) in [6.07, 6.45) is 5.44. The van der Waals surface area contributed by atoms with Gasteiger partial charge in [-0.25, -0.2) is 9.59 Å². The molecular formula is C27H23NO4. The predicted molar refractivity (Wildman–Crippen MR) is 122 cm³/mol. The Morgan fingerprint density at radius 3 is 2.53 bits per heavy atom. The smallest absolute Gasteiger partial charge is 0.343 e. The molecule has 0 spiro atoms. The maximum Gasteiger partial charge on any atom is 0.343 e. The van der Waals surface area contributed by atoms with Gasteiger partial charge in [0.1, 0.15) is 11.3 Å². The molecule has 5 nitrogen and oxygen atoms in total. The lowest BCUT2D eigenvalue weighted by Crippen LogP contribution is -2.29. The summed E-state index contributed by atoms with van der Waals surface area (Å²) >= 11 is 0. The van der Waals surface area contributed by atoms with E-state index in [9.17, 15) is 9.59 Å². The van der Waals surface area contributed by atoms with Crippen LogP contribution in [0.3, 0.4) is 0 Å². The van der Waals surface area contributed by atoms with Crippen LogP contribution in [-0.2, 0) is 4.74 Å². The fourth-order valence-corrected chi connectivity index (χ4v) is 4.70. The number of fused-ring (bicyclic) bond motifs is 3. The molecule has 1 N–H and O–H groups in total. The number of rotatable bonds is 4. The molecule has 0 aromatic heterocycles. The second kappa shape index (κ2) is 8.35. The quantitative estimate of drug-likeness (QED) is 0.339. The van der Waals surface area contributed by atoms with E-state index in [-0.39, 0.29) is 23.3 Å². The first kappa shape index (κ1) is 20.1. The van der Waals surface area contributed by atoms with Crippen molar-refractivity contribution in [1.82, 2.24) is 0 Å². The van der Waals surface area contributed by atoms with Crippen LogP contribution < -0.4 is 10.1 Å². The van der Waals surface area contributed by atoms with E-state index in [2.05, 4.69) is 41.7 Å². The van der Waals surface area contributed by atoms with Crippen molar-refractivity contribution in [3.05, 3.63) is 107 Å². The lowest BCUT2D eigenvalue weighted by molar-refractivity contribution is 0.0593. The molecule has 0 bridgehead atoms. The number of ether oxygens (including phenoxy) is 2. The third kappa shape index (κ3) is 3.56. The molecule has 0 saturated heterocycles. The monoisotopic (exact) mass is 425 g/mol. The van der Waals surface area contributed by atoms with E-state index in [0.717, 1.165) is 17.7 Å². The highest BCUT2D eigenvalue weighted by Gasteiger charge is 2.38. The molecule has 5 heteroatoms. The third-order valence-electron chi connectivity index (χ3n) is 6.25. The Kier molecular flexibility index (Phi) is 5.23. The number of hydrogen-bond acceptors (Lipinski definition) is 5. The van der Waals surface area contributed by atoms with Crippen molar-refractivity contribution in [2.24, 2.45) is 5.92 Å². The lowest BCUT2D eigenvalue weighted by atomic mass is 9.76. The molecule has 1 aliphatic heterocycles. The molecule has 2 aliphatic rings. The fourth-order valence-electron chi connectivity index (χ4n) is 4.70. The summed E-state index contributed by atoms with van der Waals surface area (Å²) in [6.45, 7) is 0. The molecule has 5 rings (SSSR count). The molecule has 0 fully saturated rings. The van der Waals surface area contributed by atoms with Crippen LogP contribution in [0, 0.1) is 5.92 Å². The zero-order valence-electron chi connectivity index (χ0n) is 17.7. The van der Waals surface area contributed by atoms with Crippen molar-refractivity contribution in [3.8, 4) is 5.75 Å². The van der Waals surface area contributed by atoms with Gasteiger partial charge in [0.05, 0.1) is 18.7 Å². The van der Waals surface area contributed by atoms with Crippen molar-refractivity contribution >= 4 is 17.6 Å². The summed E-state index contributed by atoms with van der Waals surface area (Å²) in [4.78, 5) is 24.9. The van der Waals surface area contributed by atoms with Crippen LogP contribution in [0.2, 0.25) is 0 Å². The summed E-state index contributed by atoms with van der Waals surface area (Å²) < 4.78 is 10.4. The van der Waals surface area contributed by atoms with Crippen LogP contribution in [-0.4, -0.2) is 19.0 Å². The molecule has 1 aliphatic carbocycles. The van der Waals surface area contributed by atoms with Crippen molar-refractivity contribution in [2.45, 2.75) is 18.4 Å². The Bertz CT molecular complexity index is 1200. The highest BCUT2D eigenvalue weighted by atomic mass is 16.5. The number of hydrogen-bond donors (Lipinski definition) is 1. The Balaban J connectivity index is 1.44. The van der Waals surface area contributed by atoms with E-state index in [4.69, 9.17) is 9.47 Å². The minimum Gasteiger partial charge on any atom is -0.465 e.